The van der Waals surface area contributed by atoms with Crippen LogP contribution in [0.3, 0.4) is 0 Å². The summed E-state index contributed by atoms with van der Waals surface area (Å²) in [5, 5.41) is 8.19. The number of hydrogen-bond acceptors (Lipinski definition) is 5. The van der Waals surface area contributed by atoms with Crippen LogP contribution in [-0.4, -0.2) is 27.7 Å². The molecule has 0 bridgehead atoms. The topological polar surface area (TPSA) is 107 Å². The molecular weight excluding hydrogens is 254 g/mol. The molecule has 0 aromatic heterocycles. The molecule has 1 aromatic rings. The van der Waals surface area contributed by atoms with Crippen LogP contribution in [0.2, 0.25) is 0 Å². The van der Waals surface area contributed by atoms with Gasteiger partial charge in [0.2, 0.25) is 10.0 Å². The van der Waals surface area contributed by atoms with Crippen LogP contribution in [0.25, 0.3) is 0 Å². The van der Waals surface area contributed by atoms with Crippen molar-refractivity contribution in [3.63, 3.8) is 0 Å². The average Bonchev–Trinajstić information content (AvgIpc) is 2.27. The standard InChI is InChI=1S/C11H19N3O3S/c1-3-17-7-8(2)14-10-5-4-9(12)6-11(10)18(13,15)16/h4-6,8,14H,3,7,12H2,1-2H3,(H2,13,15,16). The number of benzene rings is 1. The number of anilines is 2. The van der Waals surface area contributed by atoms with E-state index in [1.807, 2.05) is 13.8 Å². The van der Waals surface area contributed by atoms with Gasteiger partial charge in [-0.2, -0.15) is 0 Å². The summed E-state index contributed by atoms with van der Waals surface area (Å²) in [6, 6.07) is 4.52. The number of ether oxygens (including phenoxy) is 1. The molecule has 0 amide bonds. The fourth-order valence-electron chi connectivity index (χ4n) is 1.50. The normalized spacial score (nSPS) is 13.3. The number of sulfonamides is 1. The molecule has 0 radical (unpaired) electrons. The van der Waals surface area contributed by atoms with E-state index >= 15 is 0 Å². The molecule has 1 atom stereocenters. The van der Waals surface area contributed by atoms with Gasteiger partial charge in [0.25, 0.3) is 0 Å². The zero-order valence-electron chi connectivity index (χ0n) is 10.5. The van der Waals surface area contributed by atoms with Crippen LogP contribution < -0.4 is 16.2 Å². The van der Waals surface area contributed by atoms with Crippen LogP contribution >= 0.6 is 0 Å². The number of rotatable bonds is 6. The van der Waals surface area contributed by atoms with E-state index in [1.54, 1.807) is 12.1 Å². The van der Waals surface area contributed by atoms with Crippen molar-refractivity contribution in [2.75, 3.05) is 24.3 Å². The summed E-state index contributed by atoms with van der Waals surface area (Å²) in [6.45, 7) is 4.87. The first-order valence-electron chi connectivity index (χ1n) is 5.61. The molecule has 0 heterocycles. The molecule has 6 nitrogen and oxygen atoms in total. The zero-order chi connectivity index (χ0) is 13.8. The maximum Gasteiger partial charge on any atom is 0.240 e. The molecule has 1 rings (SSSR count). The summed E-state index contributed by atoms with van der Waals surface area (Å²) >= 11 is 0. The molecule has 7 heteroatoms. The molecule has 0 spiro atoms. The van der Waals surface area contributed by atoms with E-state index in [1.165, 1.54) is 6.07 Å². The third-order valence-electron chi connectivity index (χ3n) is 2.29. The summed E-state index contributed by atoms with van der Waals surface area (Å²) in [4.78, 5) is -0.00847. The quantitative estimate of drug-likeness (QED) is 0.663. The minimum Gasteiger partial charge on any atom is -0.399 e. The second kappa shape index (κ2) is 6.03. The van der Waals surface area contributed by atoms with Crippen LogP contribution in [0.4, 0.5) is 11.4 Å². The highest BCUT2D eigenvalue weighted by molar-refractivity contribution is 7.89. The molecule has 0 aliphatic carbocycles. The first-order chi connectivity index (χ1) is 8.34. The third-order valence-corrected chi connectivity index (χ3v) is 3.24. The van der Waals surface area contributed by atoms with Crippen LogP contribution in [0.1, 0.15) is 13.8 Å². The Morgan fingerprint density at radius 1 is 1.44 bits per heavy atom. The SMILES string of the molecule is CCOCC(C)Nc1ccc(N)cc1S(N)(=O)=O. The lowest BCUT2D eigenvalue weighted by atomic mass is 10.2. The highest BCUT2D eigenvalue weighted by Gasteiger charge is 2.15. The second-order valence-corrected chi connectivity index (χ2v) is 5.54. The first-order valence-corrected chi connectivity index (χ1v) is 7.15. The smallest absolute Gasteiger partial charge is 0.240 e. The lowest BCUT2D eigenvalue weighted by molar-refractivity contribution is 0.141. The molecule has 18 heavy (non-hydrogen) atoms. The summed E-state index contributed by atoms with van der Waals surface area (Å²) in [7, 11) is -3.81. The lowest BCUT2D eigenvalue weighted by Crippen LogP contribution is -2.24. The van der Waals surface area contributed by atoms with E-state index in [0.29, 0.717) is 24.6 Å². The highest BCUT2D eigenvalue weighted by Crippen LogP contribution is 2.23. The van der Waals surface area contributed by atoms with Crippen LogP contribution in [0.5, 0.6) is 0 Å². The minimum atomic E-state index is -3.81. The zero-order valence-corrected chi connectivity index (χ0v) is 11.3. The lowest BCUT2D eigenvalue weighted by Gasteiger charge is -2.17. The van der Waals surface area contributed by atoms with Crippen LogP contribution in [0.15, 0.2) is 23.1 Å². The minimum absolute atomic E-state index is 0.00847. The molecule has 0 saturated carbocycles. The Labute approximate surface area is 107 Å². The number of nitrogen functional groups attached to an aromatic ring is 1. The van der Waals surface area contributed by atoms with Crippen molar-refractivity contribution in [2.24, 2.45) is 5.14 Å². The Hall–Kier alpha value is -1.31. The molecule has 0 fully saturated rings. The molecule has 0 saturated heterocycles. The van der Waals surface area contributed by atoms with E-state index in [0.717, 1.165) is 0 Å². The summed E-state index contributed by atoms with van der Waals surface area (Å²) in [6.07, 6.45) is 0. The van der Waals surface area contributed by atoms with Gasteiger partial charge in [-0.05, 0) is 32.0 Å². The number of primary sulfonamides is 1. The predicted molar refractivity (Wildman–Crippen MR) is 71.8 cm³/mol. The summed E-state index contributed by atoms with van der Waals surface area (Å²) in [5.41, 5.74) is 6.34. The molecular formula is C11H19N3O3S. The fourth-order valence-corrected chi connectivity index (χ4v) is 2.23. The maximum atomic E-state index is 11.5. The summed E-state index contributed by atoms with van der Waals surface area (Å²) < 4.78 is 28.2. The molecule has 5 N–H and O–H groups in total. The van der Waals surface area contributed by atoms with Crippen molar-refractivity contribution >= 4 is 21.4 Å². The molecule has 0 aliphatic rings. The van der Waals surface area contributed by atoms with Crippen molar-refractivity contribution < 1.29 is 13.2 Å². The van der Waals surface area contributed by atoms with Gasteiger partial charge in [-0.1, -0.05) is 0 Å². The van der Waals surface area contributed by atoms with Gasteiger partial charge in [0.05, 0.1) is 12.3 Å². The Morgan fingerprint density at radius 3 is 2.67 bits per heavy atom. The predicted octanol–water partition coefficient (Wildman–Crippen LogP) is 0.753. The molecule has 1 aromatic carbocycles. The van der Waals surface area contributed by atoms with E-state index in [2.05, 4.69) is 5.32 Å². The fraction of sp³-hybridized carbons (Fsp3) is 0.455. The van der Waals surface area contributed by atoms with Gasteiger partial charge in [-0.15, -0.1) is 0 Å². The third kappa shape index (κ3) is 4.17. The Kier molecular flexibility index (Phi) is 4.94. The van der Waals surface area contributed by atoms with E-state index in [9.17, 15) is 8.42 Å². The van der Waals surface area contributed by atoms with Crippen LogP contribution in [0, 0.1) is 0 Å². The molecule has 1 unspecified atom stereocenters. The van der Waals surface area contributed by atoms with E-state index in [-0.39, 0.29) is 10.9 Å². The van der Waals surface area contributed by atoms with Crippen molar-refractivity contribution in [1.82, 2.24) is 0 Å². The van der Waals surface area contributed by atoms with Crippen molar-refractivity contribution in [3.05, 3.63) is 18.2 Å². The first kappa shape index (κ1) is 14.7. The summed E-state index contributed by atoms with van der Waals surface area (Å²) in [5.74, 6) is 0. The Bertz CT molecular complexity index is 502. The van der Waals surface area contributed by atoms with Crippen molar-refractivity contribution in [2.45, 2.75) is 24.8 Å². The number of hydrogen-bond donors (Lipinski definition) is 3. The average molecular weight is 273 g/mol. The molecule has 102 valence electrons. The van der Waals surface area contributed by atoms with Crippen molar-refractivity contribution in [1.29, 1.82) is 0 Å². The van der Waals surface area contributed by atoms with Gasteiger partial charge in [0.1, 0.15) is 4.90 Å². The van der Waals surface area contributed by atoms with Gasteiger partial charge in [0, 0.05) is 18.3 Å². The van der Waals surface area contributed by atoms with Gasteiger partial charge in [-0.3, -0.25) is 0 Å². The van der Waals surface area contributed by atoms with Crippen molar-refractivity contribution in [3.8, 4) is 0 Å². The Morgan fingerprint density at radius 2 is 2.11 bits per heavy atom. The largest absolute Gasteiger partial charge is 0.399 e. The molecule has 0 aliphatic heterocycles. The van der Waals surface area contributed by atoms with Gasteiger partial charge < -0.3 is 15.8 Å². The van der Waals surface area contributed by atoms with Gasteiger partial charge in [0.15, 0.2) is 0 Å². The Balaban J connectivity index is 2.95. The monoisotopic (exact) mass is 273 g/mol. The van der Waals surface area contributed by atoms with E-state index in [4.69, 9.17) is 15.6 Å². The highest BCUT2D eigenvalue weighted by atomic mass is 32.2. The second-order valence-electron chi connectivity index (χ2n) is 4.01. The maximum absolute atomic E-state index is 11.5. The van der Waals surface area contributed by atoms with Crippen LogP contribution in [-0.2, 0) is 14.8 Å². The van der Waals surface area contributed by atoms with Gasteiger partial charge in [-0.25, -0.2) is 13.6 Å². The van der Waals surface area contributed by atoms with E-state index < -0.39 is 10.0 Å². The van der Waals surface area contributed by atoms with Gasteiger partial charge >= 0.3 is 0 Å². The number of nitrogens with two attached hydrogens (primary N) is 2. The number of nitrogens with one attached hydrogen (secondary N) is 1.